The number of nitrogens with one attached hydrogen (secondary N) is 2. The van der Waals surface area contributed by atoms with Gasteiger partial charge in [-0.15, -0.1) is 0 Å². The van der Waals surface area contributed by atoms with E-state index in [0.29, 0.717) is 23.8 Å². The second kappa shape index (κ2) is 8.35. The van der Waals surface area contributed by atoms with Crippen LogP contribution in [-0.2, 0) is 13.1 Å². The van der Waals surface area contributed by atoms with Crippen molar-refractivity contribution in [3.63, 3.8) is 0 Å². The Morgan fingerprint density at radius 1 is 1.11 bits per heavy atom. The molecule has 5 heteroatoms. The number of thiocarbonyl (C=S) groups is 1. The molecule has 0 spiro atoms. The summed E-state index contributed by atoms with van der Waals surface area (Å²) in [5.74, 6) is 0. The SMILES string of the molecule is CCNC(=S)N(Cc1ccccc1)Cc1cc2ccc(C)c(C)c2[nH]c1=O. The molecule has 0 unspecified atom stereocenters. The van der Waals surface area contributed by atoms with E-state index >= 15 is 0 Å². The number of fused-ring (bicyclic) bond motifs is 1. The molecule has 0 bridgehead atoms. The van der Waals surface area contributed by atoms with Gasteiger partial charge >= 0.3 is 0 Å². The highest BCUT2D eigenvalue weighted by Gasteiger charge is 2.14. The molecule has 27 heavy (non-hydrogen) atoms. The normalized spacial score (nSPS) is 10.8. The fraction of sp³-hybridized carbons (Fsp3) is 0.273. The van der Waals surface area contributed by atoms with E-state index < -0.39 is 0 Å². The number of H-pyrrole nitrogens is 1. The van der Waals surface area contributed by atoms with Gasteiger partial charge in [-0.1, -0.05) is 42.5 Å². The summed E-state index contributed by atoms with van der Waals surface area (Å²) in [4.78, 5) is 17.8. The Morgan fingerprint density at radius 3 is 2.56 bits per heavy atom. The first kappa shape index (κ1) is 19.1. The fourth-order valence-electron chi connectivity index (χ4n) is 3.16. The molecule has 0 saturated heterocycles. The molecule has 0 fully saturated rings. The molecule has 0 saturated carbocycles. The molecule has 0 radical (unpaired) electrons. The summed E-state index contributed by atoms with van der Waals surface area (Å²) in [6, 6.07) is 16.3. The highest BCUT2D eigenvalue weighted by atomic mass is 32.1. The Hall–Kier alpha value is -2.66. The minimum absolute atomic E-state index is 0.0615. The number of aromatic amines is 1. The third-order valence-electron chi connectivity index (χ3n) is 4.82. The lowest BCUT2D eigenvalue weighted by Gasteiger charge is -2.25. The maximum atomic E-state index is 12.7. The van der Waals surface area contributed by atoms with Crippen LogP contribution >= 0.6 is 12.2 Å². The van der Waals surface area contributed by atoms with Crippen LogP contribution in [0, 0.1) is 13.8 Å². The summed E-state index contributed by atoms with van der Waals surface area (Å²) in [6.45, 7) is 7.96. The molecule has 4 nitrogen and oxygen atoms in total. The van der Waals surface area contributed by atoms with Crippen LogP contribution in [0.4, 0.5) is 0 Å². The van der Waals surface area contributed by atoms with Gasteiger partial charge in [-0.05, 0) is 61.1 Å². The van der Waals surface area contributed by atoms with E-state index in [1.54, 1.807) is 0 Å². The van der Waals surface area contributed by atoms with Gasteiger partial charge < -0.3 is 15.2 Å². The fourth-order valence-corrected chi connectivity index (χ4v) is 3.43. The van der Waals surface area contributed by atoms with Gasteiger partial charge in [-0.2, -0.15) is 0 Å². The summed E-state index contributed by atoms with van der Waals surface area (Å²) < 4.78 is 0. The Labute approximate surface area is 165 Å². The zero-order valence-corrected chi connectivity index (χ0v) is 16.8. The van der Waals surface area contributed by atoms with Crippen LogP contribution in [0.25, 0.3) is 10.9 Å². The Balaban J connectivity index is 1.95. The van der Waals surface area contributed by atoms with Crippen LogP contribution in [0.2, 0.25) is 0 Å². The summed E-state index contributed by atoms with van der Waals surface area (Å²) in [6.07, 6.45) is 0. The van der Waals surface area contributed by atoms with Gasteiger partial charge in [0.05, 0.1) is 12.1 Å². The van der Waals surface area contributed by atoms with Gasteiger partial charge in [0.25, 0.3) is 5.56 Å². The number of rotatable bonds is 5. The maximum absolute atomic E-state index is 12.7. The first-order valence-electron chi connectivity index (χ1n) is 9.18. The Bertz CT molecular complexity index is 1010. The number of pyridine rings is 1. The minimum atomic E-state index is -0.0615. The molecule has 0 atom stereocenters. The quantitative estimate of drug-likeness (QED) is 0.657. The highest BCUT2D eigenvalue weighted by Crippen LogP contribution is 2.19. The summed E-state index contributed by atoms with van der Waals surface area (Å²) in [5, 5.41) is 4.90. The van der Waals surface area contributed by atoms with E-state index in [1.165, 1.54) is 5.56 Å². The molecule has 3 rings (SSSR count). The lowest BCUT2D eigenvalue weighted by Crippen LogP contribution is -2.39. The molecule has 2 aromatic carbocycles. The van der Waals surface area contributed by atoms with Crippen LogP contribution < -0.4 is 10.9 Å². The molecule has 2 N–H and O–H groups in total. The first-order chi connectivity index (χ1) is 13.0. The smallest absolute Gasteiger partial charge is 0.253 e. The van der Waals surface area contributed by atoms with Crippen molar-refractivity contribution >= 4 is 28.2 Å². The van der Waals surface area contributed by atoms with E-state index in [4.69, 9.17) is 12.2 Å². The van der Waals surface area contributed by atoms with Gasteiger partial charge in [-0.25, -0.2) is 0 Å². The van der Waals surface area contributed by atoms with Gasteiger partial charge in [0, 0.05) is 18.7 Å². The average molecular weight is 380 g/mol. The largest absolute Gasteiger partial charge is 0.363 e. The number of hydrogen-bond donors (Lipinski definition) is 2. The second-order valence-corrected chi connectivity index (χ2v) is 7.16. The van der Waals surface area contributed by atoms with Crippen molar-refractivity contribution < 1.29 is 0 Å². The minimum Gasteiger partial charge on any atom is -0.363 e. The summed E-state index contributed by atoms with van der Waals surface area (Å²) >= 11 is 5.55. The predicted molar refractivity (Wildman–Crippen MR) is 116 cm³/mol. The molecule has 0 aliphatic rings. The topological polar surface area (TPSA) is 48.1 Å². The molecule has 0 aliphatic carbocycles. The van der Waals surface area contributed by atoms with Crippen molar-refractivity contribution in [3.05, 3.63) is 81.1 Å². The van der Waals surface area contributed by atoms with Crippen molar-refractivity contribution in [2.75, 3.05) is 6.54 Å². The van der Waals surface area contributed by atoms with Crippen LogP contribution in [-0.4, -0.2) is 21.5 Å². The predicted octanol–water partition coefficient (Wildman–Crippen LogP) is 4.04. The number of nitrogens with zero attached hydrogens (tertiary/aromatic N) is 1. The Morgan fingerprint density at radius 2 is 1.85 bits per heavy atom. The van der Waals surface area contributed by atoms with Crippen molar-refractivity contribution in [3.8, 4) is 0 Å². The molecule has 1 heterocycles. The number of hydrogen-bond acceptors (Lipinski definition) is 2. The van der Waals surface area contributed by atoms with Crippen LogP contribution in [0.5, 0.6) is 0 Å². The molecular weight excluding hydrogens is 354 g/mol. The van der Waals surface area contributed by atoms with Crippen LogP contribution in [0.3, 0.4) is 0 Å². The van der Waals surface area contributed by atoms with Gasteiger partial charge in [0.15, 0.2) is 5.11 Å². The van der Waals surface area contributed by atoms with Gasteiger partial charge in [-0.3, -0.25) is 4.79 Å². The summed E-state index contributed by atoms with van der Waals surface area (Å²) in [5.41, 5.74) is 5.00. The van der Waals surface area contributed by atoms with Crippen molar-refractivity contribution in [2.24, 2.45) is 0 Å². The highest BCUT2D eigenvalue weighted by molar-refractivity contribution is 7.80. The molecular formula is C22H25N3OS. The zero-order valence-electron chi connectivity index (χ0n) is 16.0. The number of aromatic nitrogens is 1. The Kier molecular flexibility index (Phi) is 5.91. The molecule has 3 aromatic rings. The second-order valence-electron chi connectivity index (χ2n) is 6.77. The number of benzene rings is 2. The van der Waals surface area contributed by atoms with E-state index in [1.807, 2.05) is 43.0 Å². The lowest BCUT2D eigenvalue weighted by atomic mass is 10.0. The monoisotopic (exact) mass is 379 g/mol. The average Bonchev–Trinajstić information content (AvgIpc) is 2.66. The van der Waals surface area contributed by atoms with Crippen LogP contribution in [0.1, 0.15) is 29.2 Å². The summed E-state index contributed by atoms with van der Waals surface area (Å²) in [7, 11) is 0. The van der Waals surface area contributed by atoms with Gasteiger partial charge in [0.1, 0.15) is 0 Å². The van der Waals surface area contributed by atoms with Crippen LogP contribution in [0.15, 0.2) is 53.3 Å². The molecule has 0 aliphatic heterocycles. The lowest BCUT2D eigenvalue weighted by molar-refractivity contribution is 0.398. The van der Waals surface area contributed by atoms with Crippen molar-refractivity contribution in [2.45, 2.75) is 33.9 Å². The van der Waals surface area contributed by atoms with Gasteiger partial charge in [0.2, 0.25) is 0 Å². The third-order valence-corrected chi connectivity index (χ3v) is 5.22. The molecule has 140 valence electrons. The number of aryl methyl sites for hydroxylation is 2. The first-order valence-corrected chi connectivity index (χ1v) is 9.59. The molecule has 1 aromatic heterocycles. The van der Waals surface area contributed by atoms with Crippen molar-refractivity contribution in [1.82, 2.24) is 15.2 Å². The van der Waals surface area contributed by atoms with E-state index in [-0.39, 0.29) is 5.56 Å². The van der Waals surface area contributed by atoms with E-state index in [2.05, 4.69) is 41.5 Å². The van der Waals surface area contributed by atoms with Crippen molar-refractivity contribution in [1.29, 1.82) is 0 Å². The van der Waals surface area contributed by atoms with E-state index in [9.17, 15) is 4.79 Å². The third kappa shape index (κ3) is 4.37. The molecule has 0 amide bonds. The maximum Gasteiger partial charge on any atom is 0.253 e. The zero-order chi connectivity index (χ0) is 19.4. The standard InChI is InChI=1S/C22H25N3OS/c1-4-23-22(27)25(13-17-8-6-5-7-9-17)14-19-12-18-11-10-15(2)16(3)20(18)24-21(19)26/h5-12H,4,13-14H2,1-3H3,(H,23,27)(H,24,26). The van der Waals surface area contributed by atoms with E-state index in [0.717, 1.165) is 28.6 Å².